The summed E-state index contributed by atoms with van der Waals surface area (Å²) in [5, 5.41) is 6.87. The third-order valence-corrected chi connectivity index (χ3v) is 5.46. The molecule has 174 valence electrons. The standard InChI is InChI=1S/C24H41N5O2/c1-7-25-23(27-20-11-14-29(15-12-20)18-22(30)28(5)6)26-13-16-31-21-10-8-9-19(17-21)24(2,3)4/h8-10,17,20H,7,11-16,18H2,1-6H3,(H2,25,26,27). The Kier molecular flexibility index (Phi) is 9.62. The topological polar surface area (TPSA) is 69.2 Å². The Labute approximate surface area is 188 Å². The Balaban J connectivity index is 1.79. The number of hydrogen-bond donors (Lipinski definition) is 2. The molecule has 2 N–H and O–H groups in total. The van der Waals surface area contributed by atoms with Crippen LogP contribution in [0, 0.1) is 0 Å². The molecule has 1 heterocycles. The summed E-state index contributed by atoms with van der Waals surface area (Å²) in [6.07, 6.45) is 2.00. The van der Waals surface area contributed by atoms with Crippen LogP contribution in [0.15, 0.2) is 29.3 Å². The number of likely N-dealkylation sites (N-methyl/N-ethyl adjacent to an activating group) is 1. The zero-order chi connectivity index (χ0) is 22.9. The number of guanidine groups is 1. The lowest BCUT2D eigenvalue weighted by molar-refractivity contribution is -0.130. The molecule has 1 saturated heterocycles. The second-order valence-electron chi connectivity index (χ2n) is 9.37. The van der Waals surface area contributed by atoms with Gasteiger partial charge in [-0.15, -0.1) is 0 Å². The largest absolute Gasteiger partial charge is 0.492 e. The van der Waals surface area contributed by atoms with Crippen LogP contribution in [0.25, 0.3) is 0 Å². The van der Waals surface area contributed by atoms with E-state index in [1.807, 2.05) is 12.1 Å². The normalized spacial score (nSPS) is 16.1. The molecule has 1 fully saturated rings. The van der Waals surface area contributed by atoms with E-state index in [1.54, 1.807) is 19.0 Å². The molecule has 0 radical (unpaired) electrons. The molecule has 1 aliphatic rings. The van der Waals surface area contributed by atoms with Gasteiger partial charge in [-0.3, -0.25) is 9.69 Å². The first-order chi connectivity index (χ1) is 14.7. The Morgan fingerprint density at radius 3 is 2.58 bits per heavy atom. The Hall–Kier alpha value is -2.28. The van der Waals surface area contributed by atoms with Crippen LogP contribution in [0.1, 0.15) is 46.1 Å². The van der Waals surface area contributed by atoms with Crippen LogP contribution in [-0.4, -0.2) is 81.1 Å². The number of carbonyl (C=O) groups is 1. The van der Waals surface area contributed by atoms with E-state index >= 15 is 0 Å². The van der Waals surface area contributed by atoms with Crippen LogP contribution in [0.5, 0.6) is 5.75 Å². The number of amides is 1. The number of benzene rings is 1. The van der Waals surface area contributed by atoms with E-state index in [1.165, 1.54) is 5.56 Å². The lowest BCUT2D eigenvalue weighted by Gasteiger charge is -2.33. The maximum atomic E-state index is 11.9. The van der Waals surface area contributed by atoms with Crippen molar-refractivity contribution in [3.8, 4) is 5.75 Å². The third-order valence-electron chi connectivity index (χ3n) is 5.46. The van der Waals surface area contributed by atoms with Gasteiger partial charge in [0.25, 0.3) is 0 Å². The van der Waals surface area contributed by atoms with Crippen molar-refractivity contribution in [2.75, 3.05) is 53.4 Å². The highest BCUT2D eigenvalue weighted by Crippen LogP contribution is 2.25. The van der Waals surface area contributed by atoms with Crippen LogP contribution < -0.4 is 15.4 Å². The molecule has 0 saturated carbocycles. The van der Waals surface area contributed by atoms with Gasteiger partial charge in [0, 0.05) is 39.8 Å². The molecule has 0 atom stereocenters. The molecular formula is C24H41N5O2. The van der Waals surface area contributed by atoms with Gasteiger partial charge in [0.2, 0.25) is 5.91 Å². The predicted molar refractivity (Wildman–Crippen MR) is 128 cm³/mol. The van der Waals surface area contributed by atoms with Crippen LogP contribution in [0.3, 0.4) is 0 Å². The summed E-state index contributed by atoms with van der Waals surface area (Å²) in [5.74, 6) is 1.88. The highest BCUT2D eigenvalue weighted by atomic mass is 16.5. The lowest BCUT2D eigenvalue weighted by atomic mass is 9.87. The quantitative estimate of drug-likeness (QED) is 0.376. The molecule has 1 amide bonds. The molecular weight excluding hydrogens is 390 g/mol. The Bertz CT molecular complexity index is 719. The number of nitrogens with one attached hydrogen (secondary N) is 2. The first-order valence-electron chi connectivity index (χ1n) is 11.4. The number of likely N-dealkylation sites (tertiary alicyclic amines) is 1. The van der Waals surface area contributed by atoms with Gasteiger partial charge < -0.3 is 20.3 Å². The van der Waals surface area contributed by atoms with Crippen molar-refractivity contribution in [3.63, 3.8) is 0 Å². The van der Waals surface area contributed by atoms with Crippen molar-refractivity contribution < 1.29 is 9.53 Å². The van der Waals surface area contributed by atoms with Crippen molar-refractivity contribution >= 4 is 11.9 Å². The van der Waals surface area contributed by atoms with Crippen LogP contribution in [0.2, 0.25) is 0 Å². The van der Waals surface area contributed by atoms with Gasteiger partial charge in [0.15, 0.2) is 5.96 Å². The molecule has 1 aromatic rings. The van der Waals surface area contributed by atoms with E-state index in [4.69, 9.17) is 4.74 Å². The van der Waals surface area contributed by atoms with Crippen molar-refractivity contribution in [1.82, 2.24) is 20.4 Å². The van der Waals surface area contributed by atoms with Gasteiger partial charge in [0.05, 0.1) is 13.1 Å². The lowest BCUT2D eigenvalue weighted by Crippen LogP contribution is -2.50. The van der Waals surface area contributed by atoms with E-state index in [-0.39, 0.29) is 11.3 Å². The molecule has 2 rings (SSSR count). The average Bonchev–Trinajstić information content (AvgIpc) is 2.72. The first kappa shape index (κ1) is 25.0. The molecule has 7 nitrogen and oxygen atoms in total. The summed E-state index contributed by atoms with van der Waals surface area (Å²) in [7, 11) is 3.61. The molecule has 0 aliphatic carbocycles. The highest BCUT2D eigenvalue weighted by molar-refractivity contribution is 5.80. The second kappa shape index (κ2) is 11.9. The van der Waals surface area contributed by atoms with E-state index in [9.17, 15) is 4.79 Å². The number of hydrogen-bond acceptors (Lipinski definition) is 4. The number of piperidine rings is 1. The zero-order valence-corrected chi connectivity index (χ0v) is 20.2. The minimum absolute atomic E-state index is 0.106. The van der Waals surface area contributed by atoms with Gasteiger partial charge in [-0.2, -0.15) is 0 Å². The molecule has 1 aromatic carbocycles. The monoisotopic (exact) mass is 431 g/mol. The van der Waals surface area contributed by atoms with Gasteiger partial charge in [-0.05, 0) is 42.9 Å². The Morgan fingerprint density at radius 1 is 1.26 bits per heavy atom. The van der Waals surface area contributed by atoms with Crippen LogP contribution in [-0.2, 0) is 10.2 Å². The smallest absolute Gasteiger partial charge is 0.236 e. The minimum atomic E-state index is 0.106. The number of aliphatic imine (C=N–C) groups is 1. The SMILES string of the molecule is CCNC(=NCCOc1cccc(C(C)(C)C)c1)NC1CCN(CC(=O)N(C)C)CC1. The van der Waals surface area contributed by atoms with E-state index < -0.39 is 0 Å². The number of nitrogens with zero attached hydrogens (tertiary/aromatic N) is 3. The molecule has 1 aliphatic heterocycles. The fourth-order valence-electron chi connectivity index (χ4n) is 3.45. The molecule has 0 aromatic heterocycles. The van der Waals surface area contributed by atoms with Gasteiger partial charge in [-0.25, -0.2) is 4.99 Å². The minimum Gasteiger partial charge on any atom is -0.492 e. The molecule has 0 spiro atoms. The second-order valence-corrected chi connectivity index (χ2v) is 9.37. The zero-order valence-electron chi connectivity index (χ0n) is 20.2. The van der Waals surface area contributed by atoms with Gasteiger partial charge >= 0.3 is 0 Å². The molecule has 7 heteroatoms. The average molecular weight is 432 g/mol. The summed E-state index contributed by atoms with van der Waals surface area (Å²) in [4.78, 5) is 20.5. The van der Waals surface area contributed by atoms with Gasteiger partial charge in [0.1, 0.15) is 12.4 Å². The van der Waals surface area contributed by atoms with Gasteiger partial charge in [-0.1, -0.05) is 32.9 Å². The predicted octanol–water partition coefficient (Wildman–Crippen LogP) is 2.47. The number of carbonyl (C=O) groups excluding carboxylic acids is 1. The fraction of sp³-hybridized carbons (Fsp3) is 0.667. The summed E-state index contributed by atoms with van der Waals surface area (Å²) in [6, 6.07) is 8.66. The van der Waals surface area contributed by atoms with Crippen molar-refractivity contribution in [2.45, 2.75) is 52.0 Å². The molecule has 31 heavy (non-hydrogen) atoms. The van der Waals surface area contributed by atoms with E-state index in [0.29, 0.717) is 25.7 Å². The summed E-state index contributed by atoms with van der Waals surface area (Å²) in [5.41, 5.74) is 1.37. The van der Waals surface area contributed by atoms with Crippen LogP contribution >= 0.6 is 0 Å². The number of rotatable bonds is 8. The molecule has 0 bridgehead atoms. The summed E-state index contributed by atoms with van der Waals surface area (Å²) >= 11 is 0. The molecule has 0 unspecified atom stereocenters. The van der Waals surface area contributed by atoms with E-state index in [0.717, 1.165) is 44.2 Å². The first-order valence-corrected chi connectivity index (χ1v) is 11.4. The van der Waals surface area contributed by atoms with Crippen molar-refractivity contribution in [1.29, 1.82) is 0 Å². The van der Waals surface area contributed by atoms with E-state index in [2.05, 4.69) is 60.4 Å². The van der Waals surface area contributed by atoms with Crippen molar-refractivity contribution in [3.05, 3.63) is 29.8 Å². The highest BCUT2D eigenvalue weighted by Gasteiger charge is 2.22. The summed E-state index contributed by atoms with van der Waals surface area (Å²) < 4.78 is 5.93. The van der Waals surface area contributed by atoms with Crippen molar-refractivity contribution in [2.24, 2.45) is 4.99 Å². The maximum Gasteiger partial charge on any atom is 0.236 e. The van der Waals surface area contributed by atoms with Crippen LogP contribution in [0.4, 0.5) is 0 Å². The summed E-state index contributed by atoms with van der Waals surface area (Å²) in [6.45, 7) is 13.0. The fourth-order valence-corrected chi connectivity index (χ4v) is 3.45. The maximum absolute atomic E-state index is 11.9. The third kappa shape index (κ3) is 8.77. The Morgan fingerprint density at radius 2 is 1.97 bits per heavy atom. The number of ether oxygens (including phenoxy) is 1.